The van der Waals surface area contributed by atoms with Crippen LogP contribution in [-0.2, 0) is 16.1 Å². The molecule has 0 saturated carbocycles. The second-order valence-corrected chi connectivity index (χ2v) is 6.71. The van der Waals surface area contributed by atoms with Crippen molar-refractivity contribution in [1.82, 2.24) is 10.2 Å². The second-order valence-electron chi connectivity index (χ2n) is 6.71. The Balaban J connectivity index is 1.89. The van der Waals surface area contributed by atoms with Gasteiger partial charge >= 0.3 is 0 Å². The number of benzene rings is 1. The maximum Gasteiger partial charge on any atom is 0.241 e. The van der Waals surface area contributed by atoms with Gasteiger partial charge in [0.2, 0.25) is 11.8 Å². The van der Waals surface area contributed by atoms with Gasteiger partial charge in [-0.3, -0.25) is 14.5 Å². The Morgan fingerprint density at radius 2 is 1.85 bits per heavy atom. The van der Waals surface area contributed by atoms with Crippen LogP contribution >= 0.6 is 0 Å². The Bertz CT molecular complexity index is 746. The summed E-state index contributed by atoms with van der Waals surface area (Å²) in [6.07, 6.45) is 1.56. The van der Waals surface area contributed by atoms with E-state index in [1.54, 1.807) is 37.3 Å². The van der Waals surface area contributed by atoms with Gasteiger partial charge in [0.15, 0.2) is 0 Å². The van der Waals surface area contributed by atoms with E-state index in [2.05, 4.69) is 10.6 Å². The smallest absolute Gasteiger partial charge is 0.241 e. The molecule has 1 heterocycles. The number of furan rings is 1. The van der Waals surface area contributed by atoms with E-state index in [-0.39, 0.29) is 18.4 Å². The standard InChI is InChI=1S/C20H27N3O3/c1-13-9-14(2)19(15(3)10-13)22-20(25)16(4)23(5)12-18(24)21-11-17-7-6-8-26-17/h6-10,16H,11-12H2,1-5H3,(H,21,24)(H,22,25)/t16-/m0/s1. The lowest BCUT2D eigenvalue weighted by atomic mass is 10.0. The molecule has 2 amide bonds. The number of hydrogen-bond donors (Lipinski definition) is 2. The summed E-state index contributed by atoms with van der Waals surface area (Å²) in [6, 6.07) is 7.21. The predicted octanol–water partition coefficient (Wildman–Crippen LogP) is 2.78. The molecule has 0 spiro atoms. The minimum atomic E-state index is -0.440. The number of rotatable bonds is 7. The Morgan fingerprint density at radius 1 is 1.19 bits per heavy atom. The molecule has 0 aliphatic heterocycles. The van der Waals surface area contributed by atoms with Crippen molar-refractivity contribution in [2.75, 3.05) is 18.9 Å². The van der Waals surface area contributed by atoms with E-state index in [0.717, 1.165) is 22.4 Å². The Labute approximate surface area is 154 Å². The van der Waals surface area contributed by atoms with Crippen molar-refractivity contribution in [2.45, 2.75) is 40.3 Å². The third-order valence-corrected chi connectivity index (χ3v) is 4.40. The van der Waals surface area contributed by atoms with Crippen LogP contribution in [0, 0.1) is 20.8 Å². The number of nitrogens with zero attached hydrogens (tertiary/aromatic N) is 1. The van der Waals surface area contributed by atoms with Crippen molar-refractivity contribution in [3.63, 3.8) is 0 Å². The Kier molecular flexibility index (Phi) is 6.58. The van der Waals surface area contributed by atoms with E-state index in [1.165, 1.54) is 0 Å². The molecule has 26 heavy (non-hydrogen) atoms. The Hall–Kier alpha value is -2.60. The number of amides is 2. The third-order valence-electron chi connectivity index (χ3n) is 4.40. The summed E-state index contributed by atoms with van der Waals surface area (Å²) in [4.78, 5) is 26.3. The lowest BCUT2D eigenvalue weighted by Gasteiger charge is -2.24. The predicted molar refractivity (Wildman–Crippen MR) is 102 cm³/mol. The van der Waals surface area contributed by atoms with Gasteiger partial charge in [-0.1, -0.05) is 17.7 Å². The molecule has 0 unspecified atom stereocenters. The van der Waals surface area contributed by atoms with Crippen LogP contribution in [0.25, 0.3) is 0 Å². The topological polar surface area (TPSA) is 74.6 Å². The first-order valence-electron chi connectivity index (χ1n) is 8.66. The molecule has 1 aromatic heterocycles. The van der Waals surface area contributed by atoms with Gasteiger partial charge in [0.05, 0.1) is 25.4 Å². The molecule has 0 aliphatic rings. The van der Waals surface area contributed by atoms with Crippen molar-refractivity contribution in [3.05, 3.63) is 53.0 Å². The highest BCUT2D eigenvalue weighted by atomic mass is 16.3. The van der Waals surface area contributed by atoms with Crippen LogP contribution in [-0.4, -0.2) is 36.3 Å². The van der Waals surface area contributed by atoms with Crippen molar-refractivity contribution in [3.8, 4) is 0 Å². The normalized spacial score (nSPS) is 12.1. The number of likely N-dealkylation sites (N-methyl/N-ethyl adjacent to an activating group) is 1. The molecule has 0 saturated heterocycles. The molecule has 6 nitrogen and oxygen atoms in total. The van der Waals surface area contributed by atoms with Crippen molar-refractivity contribution in [1.29, 1.82) is 0 Å². The molecule has 1 atom stereocenters. The molecule has 2 N–H and O–H groups in total. The highest BCUT2D eigenvalue weighted by molar-refractivity contribution is 5.96. The van der Waals surface area contributed by atoms with Crippen LogP contribution in [0.15, 0.2) is 34.9 Å². The fraction of sp³-hybridized carbons (Fsp3) is 0.400. The molecule has 1 aromatic carbocycles. The van der Waals surface area contributed by atoms with E-state index in [0.29, 0.717) is 12.3 Å². The Morgan fingerprint density at radius 3 is 2.42 bits per heavy atom. The first-order valence-corrected chi connectivity index (χ1v) is 8.66. The summed E-state index contributed by atoms with van der Waals surface area (Å²) in [5, 5.41) is 5.76. The minimum Gasteiger partial charge on any atom is -0.467 e. The molecule has 2 aromatic rings. The zero-order valence-electron chi connectivity index (χ0n) is 16.1. The number of carbonyl (C=O) groups is 2. The van der Waals surface area contributed by atoms with E-state index in [9.17, 15) is 9.59 Å². The summed E-state index contributed by atoms with van der Waals surface area (Å²) in [7, 11) is 1.76. The van der Waals surface area contributed by atoms with Gasteiger partial charge in [-0.2, -0.15) is 0 Å². The second kappa shape index (κ2) is 8.67. The van der Waals surface area contributed by atoms with Gasteiger partial charge in [-0.15, -0.1) is 0 Å². The zero-order chi connectivity index (χ0) is 19.3. The van der Waals surface area contributed by atoms with Crippen LogP contribution in [0.2, 0.25) is 0 Å². The molecule has 6 heteroatoms. The molecule has 0 bridgehead atoms. The highest BCUT2D eigenvalue weighted by Crippen LogP contribution is 2.22. The maximum atomic E-state index is 12.6. The van der Waals surface area contributed by atoms with Crippen LogP contribution < -0.4 is 10.6 Å². The molecular weight excluding hydrogens is 330 g/mol. The summed E-state index contributed by atoms with van der Waals surface area (Å²) in [5.41, 5.74) is 4.06. The number of anilines is 1. The largest absolute Gasteiger partial charge is 0.467 e. The average Bonchev–Trinajstić information content (AvgIpc) is 3.08. The van der Waals surface area contributed by atoms with Crippen LogP contribution in [0.4, 0.5) is 5.69 Å². The fourth-order valence-corrected chi connectivity index (χ4v) is 2.82. The quantitative estimate of drug-likeness (QED) is 0.799. The van der Waals surface area contributed by atoms with E-state index in [1.807, 2.05) is 32.9 Å². The van der Waals surface area contributed by atoms with E-state index < -0.39 is 6.04 Å². The van der Waals surface area contributed by atoms with Crippen molar-refractivity contribution < 1.29 is 14.0 Å². The van der Waals surface area contributed by atoms with Gasteiger partial charge in [-0.25, -0.2) is 0 Å². The lowest BCUT2D eigenvalue weighted by Crippen LogP contribution is -2.44. The SMILES string of the molecule is Cc1cc(C)c(NC(=O)[C@H](C)N(C)CC(=O)NCc2ccco2)c(C)c1. The monoisotopic (exact) mass is 357 g/mol. The van der Waals surface area contributed by atoms with Crippen molar-refractivity contribution >= 4 is 17.5 Å². The van der Waals surface area contributed by atoms with Crippen molar-refractivity contribution in [2.24, 2.45) is 0 Å². The number of hydrogen-bond acceptors (Lipinski definition) is 4. The summed E-state index contributed by atoms with van der Waals surface area (Å²) < 4.78 is 5.18. The van der Waals surface area contributed by atoms with Gasteiger partial charge in [0, 0.05) is 5.69 Å². The molecule has 2 rings (SSSR count). The van der Waals surface area contributed by atoms with Gasteiger partial charge in [-0.05, 0) is 58.0 Å². The first kappa shape index (κ1) is 19.7. The lowest BCUT2D eigenvalue weighted by molar-refractivity contribution is -0.125. The zero-order valence-corrected chi connectivity index (χ0v) is 16.1. The first-order chi connectivity index (χ1) is 12.3. The van der Waals surface area contributed by atoms with E-state index in [4.69, 9.17) is 4.42 Å². The average molecular weight is 357 g/mol. The van der Waals surface area contributed by atoms with Gasteiger partial charge < -0.3 is 15.1 Å². The molecule has 0 fully saturated rings. The number of carbonyl (C=O) groups excluding carboxylic acids is 2. The molecular formula is C20H27N3O3. The number of aryl methyl sites for hydroxylation is 3. The minimum absolute atomic E-state index is 0.126. The van der Waals surface area contributed by atoms with Gasteiger partial charge in [0.25, 0.3) is 0 Å². The number of nitrogens with one attached hydrogen (secondary N) is 2. The summed E-state index contributed by atoms with van der Waals surface area (Å²) in [6.45, 7) is 8.23. The fourth-order valence-electron chi connectivity index (χ4n) is 2.82. The van der Waals surface area contributed by atoms with Crippen LogP contribution in [0.3, 0.4) is 0 Å². The van der Waals surface area contributed by atoms with Crippen LogP contribution in [0.1, 0.15) is 29.4 Å². The molecule has 0 aliphatic carbocycles. The maximum absolute atomic E-state index is 12.6. The summed E-state index contributed by atoms with van der Waals surface area (Å²) >= 11 is 0. The highest BCUT2D eigenvalue weighted by Gasteiger charge is 2.21. The molecule has 140 valence electrons. The summed E-state index contributed by atoms with van der Waals surface area (Å²) in [5.74, 6) is 0.393. The van der Waals surface area contributed by atoms with Crippen LogP contribution in [0.5, 0.6) is 0 Å². The van der Waals surface area contributed by atoms with E-state index >= 15 is 0 Å². The van der Waals surface area contributed by atoms with Gasteiger partial charge in [0.1, 0.15) is 5.76 Å². The third kappa shape index (κ3) is 5.20. The molecule has 0 radical (unpaired) electrons.